The number of nitrogens with zero attached hydrogens (tertiary/aromatic N) is 2. The molecule has 1 aliphatic heterocycles. The zero-order valence-electron chi connectivity index (χ0n) is 13.5. The molecule has 5 nitrogen and oxygen atoms in total. The molecule has 1 amide bonds. The van der Waals surface area contributed by atoms with Gasteiger partial charge in [0.1, 0.15) is 9.84 Å². The fourth-order valence-corrected chi connectivity index (χ4v) is 5.27. The molecule has 1 saturated heterocycles. The van der Waals surface area contributed by atoms with Crippen LogP contribution in [0.25, 0.3) is 0 Å². The number of carbonyl (C=O) groups excluding carboxylic acids is 1. The first kappa shape index (κ1) is 16.2. The highest BCUT2D eigenvalue weighted by molar-refractivity contribution is 7.90. The van der Waals surface area contributed by atoms with E-state index in [0.717, 1.165) is 44.1 Å². The van der Waals surface area contributed by atoms with Crippen molar-refractivity contribution < 1.29 is 13.2 Å². The third-order valence-electron chi connectivity index (χ3n) is 5.74. The molecule has 3 atom stereocenters. The van der Waals surface area contributed by atoms with Crippen molar-refractivity contribution in [2.24, 2.45) is 11.8 Å². The highest BCUT2D eigenvalue weighted by atomic mass is 32.2. The predicted octanol–water partition coefficient (Wildman–Crippen LogP) is 1.14. The van der Waals surface area contributed by atoms with Crippen LogP contribution in [-0.2, 0) is 14.6 Å². The molecule has 2 bridgehead atoms. The number of piperazine rings is 1. The van der Waals surface area contributed by atoms with Gasteiger partial charge in [-0.1, -0.05) is 6.42 Å². The molecule has 2 aliphatic carbocycles. The van der Waals surface area contributed by atoms with Gasteiger partial charge in [-0.05, 0) is 37.5 Å². The zero-order chi connectivity index (χ0) is 15.7. The fraction of sp³-hybridized carbons (Fsp3) is 0.938. The number of rotatable bonds is 5. The third-order valence-corrected chi connectivity index (χ3v) is 6.77. The number of amides is 1. The summed E-state index contributed by atoms with van der Waals surface area (Å²) in [5.74, 6) is 2.10. The van der Waals surface area contributed by atoms with Crippen molar-refractivity contribution in [3.8, 4) is 0 Å². The van der Waals surface area contributed by atoms with Gasteiger partial charge in [-0.3, -0.25) is 9.69 Å². The van der Waals surface area contributed by atoms with E-state index in [1.165, 1.54) is 31.9 Å². The number of hydrogen-bond acceptors (Lipinski definition) is 4. The molecular weight excluding hydrogens is 300 g/mol. The Morgan fingerprint density at radius 3 is 2.36 bits per heavy atom. The van der Waals surface area contributed by atoms with Crippen molar-refractivity contribution in [2.45, 2.75) is 44.6 Å². The van der Waals surface area contributed by atoms with E-state index < -0.39 is 9.84 Å². The van der Waals surface area contributed by atoms with Gasteiger partial charge in [0.2, 0.25) is 5.91 Å². The minimum atomic E-state index is -2.95. The van der Waals surface area contributed by atoms with Crippen molar-refractivity contribution in [3.05, 3.63) is 0 Å². The second-order valence-corrected chi connectivity index (χ2v) is 9.65. The number of carbonyl (C=O) groups is 1. The average Bonchev–Trinajstić information content (AvgIpc) is 3.08. The largest absolute Gasteiger partial charge is 0.340 e. The Hall–Kier alpha value is -0.620. The topological polar surface area (TPSA) is 57.7 Å². The first-order valence-corrected chi connectivity index (χ1v) is 10.7. The maximum atomic E-state index is 12.2. The summed E-state index contributed by atoms with van der Waals surface area (Å²) >= 11 is 0. The molecule has 0 aromatic carbocycles. The van der Waals surface area contributed by atoms with Gasteiger partial charge in [-0.25, -0.2) is 8.42 Å². The molecule has 22 heavy (non-hydrogen) atoms. The van der Waals surface area contributed by atoms with Crippen LogP contribution in [0.3, 0.4) is 0 Å². The van der Waals surface area contributed by atoms with E-state index in [1.807, 2.05) is 4.90 Å². The Labute approximate surface area is 134 Å². The van der Waals surface area contributed by atoms with Gasteiger partial charge < -0.3 is 4.90 Å². The van der Waals surface area contributed by atoms with Gasteiger partial charge in [-0.2, -0.15) is 0 Å². The smallest absolute Gasteiger partial charge is 0.222 e. The molecule has 0 aromatic heterocycles. The van der Waals surface area contributed by atoms with Gasteiger partial charge in [0.25, 0.3) is 0 Å². The van der Waals surface area contributed by atoms with Crippen LogP contribution < -0.4 is 0 Å². The molecule has 3 aliphatic rings. The highest BCUT2D eigenvalue weighted by Crippen LogP contribution is 2.46. The molecule has 0 radical (unpaired) electrons. The molecular formula is C16H28N2O3S. The average molecular weight is 328 g/mol. The molecule has 0 spiro atoms. The van der Waals surface area contributed by atoms with Crippen LogP contribution in [0.15, 0.2) is 0 Å². The maximum absolute atomic E-state index is 12.2. The quantitative estimate of drug-likeness (QED) is 0.759. The second-order valence-electron chi connectivity index (χ2n) is 7.39. The normalized spacial score (nSPS) is 32.6. The Morgan fingerprint density at radius 1 is 1.09 bits per heavy atom. The Morgan fingerprint density at radius 2 is 1.82 bits per heavy atom. The van der Waals surface area contributed by atoms with Crippen LogP contribution in [0.4, 0.5) is 0 Å². The minimum absolute atomic E-state index is 0.115. The summed E-state index contributed by atoms with van der Waals surface area (Å²) < 4.78 is 22.2. The molecule has 0 unspecified atom stereocenters. The van der Waals surface area contributed by atoms with Crippen LogP contribution in [0.2, 0.25) is 0 Å². The van der Waals surface area contributed by atoms with Gasteiger partial charge in [-0.15, -0.1) is 0 Å². The minimum Gasteiger partial charge on any atom is -0.340 e. The van der Waals surface area contributed by atoms with Gasteiger partial charge in [0.05, 0.1) is 5.75 Å². The summed E-state index contributed by atoms with van der Waals surface area (Å²) in [6, 6.07) is 0.765. The number of fused-ring (bicyclic) bond motifs is 2. The second kappa shape index (κ2) is 6.48. The molecule has 126 valence electrons. The lowest BCUT2D eigenvalue weighted by Gasteiger charge is -2.41. The van der Waals surface area contributed by atoms with Crippen LogP contribution in [0, 0.1) is 11.8 Å². The summed E-state index contributed by atoms with van der Waals surface area (Å²) in [4.78, 5) is 16.7. The van der Waals surface area contributed by atoms with E-state index in [2.05, 4.69) is 4.90 Å². The van der Waals surface area contributed by atoms with Crippen molar-refractivity contribution >= 4 is 15.7 Å². The van der Waals surface area contributed by atoms with Crippen LogP contribution >= 0.6 is 0 Å². The Bertz CT molecular complexity index is 511. The lowest BCUT2D eigenvalue weighted by molar-refractivity contribution is -0.133. The van der Waals surface area contributed by atoms with Crippen LogP contribution in [0.5, 0.6) is 0 Å². The van der Waals surface area contributed by atoms with Crippen molar-refractivity contribution in [1.82, 2.24) is 9.80 Å². The van der Waals surface area contributed by atoms with E-state index in [0.29, 0.717) is 12.8 Å². The van der Waals surface area contributed by atoms with Gasteiger partial charge in [0, 0.05) is 44.9 Å². The summed E-state index contributed by atoms with van der Waals surface area (Å²) in [5.41, 5.74) is 0. The molecule has 2 saturated carbocycles. The lowest BCUT2D eigenvalue weighted by atomic mass is 9.93. The molecule has 1 heterocycles. The first-order chi connectivity index (χ1) is 10.4. The maximum Gasteiger partial charge on any atom is 0.222 e. The van der Waals surface area contributed by atoms with Crippen LogP contribution in [-0.4, -0.2) is 68.4 Å². The van der Waals surface area contributed by atoms with Gasteiger partial charge in [0.15, 0.2) is 0 Å². The lowest BCUT2D eigenvalue weighted by Crippen LogP contribution is -2.53. The van der Waals surface area contributed by atoms with E-state index in [-0.39, 0.29) is 11.7 Å². The molecule has 3 fully saturated rings. The Kier molecular flexibility index (Phi) is 4.78. The van der Waals surface area contributed by atoms with Crippen LogP contribution in [0.1, 0.15) is 38.5 Å². The summed E-state index contributed by atoms with van der Waals surface area (Å²) in [7, 11) is -2.95. The van der Waals surface area contributed by atoms with E-state index in [1.54, 1.807) is 0 Å². The number of hydrogen-bond donors (Lipinski definition) is 0. The SMILES string of the molecule is CS(=O)(=O)CCCC(=O)N1CCN([C@H]2C[C@H]3CC[C@H]2C3)CC1. The van der Waals surface area contributed by atoms with E-state index >= 15 is 0 Å². The summed E-state index contributed by atoms with van der Waals surface area (Å²) in [6.07, 6.45) is 7.67. The van der Waals surface area contributed by atoms with Crippen molar-refractivity contribution in [2.75, 3.05) is 38.2 Å². The molecule has 3 rings (SSSR count). The van der Waals surface area contributed by atoms with Gasteiger partial charge >= 0.3 is 0 Å². The molecule has 0 N–H and O–H groups in total. The zero-order valence-corrected chi connectivity index (χ0v) is 14.4. The molecule has 6 heteroatoms. The van der Waals surface area contributed by atoms with E-state index in [4.69, 9.17) is 0 Å². The third kappa shape index (κ3) is 3.82. The first-order valence-electron chi connectivity index (χ1n) is 8.62. The van der Waals surface area contributed by atoms with Crippen molar-refractivity contribution in [3.63, 3.8) is 0 Å². The summed E-state index contributed by atoms with van der Waals surface area (Å²) in [6.45, 7) is 3.61. The fourth-order valence-electron chi connectivity index (χ4n) is 4.61. The standard InChI is InChI=1S/C16H28N2O3S/c1-22(20,21)10-2-3-16(19)18-8-6-17(7-9-18)15-12-13-4-5-14(15)11-13/h13-15H,2-12H2,1H3/t13-,14-,15-/m0/s1. The highest BCUT2D eigenvalue weighted by Gasteiger charge is 2.42. The van der Waals surface area contributed by atoms with Crippen molar-refractivity contribution in [1.29, 1.82) is 0 Å². The predicted molar refractivity (Wildman–Crippen MR) is 86.3 cm³/mol. The van der Waals surface area contributed by atoms with E-state index in [9.17, 15) is 13.2 Å². The Balaban J connectivity index is 1.41. The monoisotopic (exact) mass is 328 g/mol. The summed E-state index contributed by atoms with van der Waals surface area (Å²) in [5, 5.41) is 0. The molecule has 0 aromatic rings. The number of sulfone groups is 1.